The van der Waals surface area contributed by atoms with Crippen molar-refractivity contribution in [2.75, 3.05) is 13.2 Å². The lowest BCUT2D eigenvalue weighted by molar-refractivity contribution is 0.127. The van der Waals surface area contributed by atoms with E-state index in [4.69, 9.17) is 16.6 Å². The molecule has 0 aromatic carbocycles. The van der Waals surface area contributed by atoms with Crippen LogP contribution in [-0.4, -0.2) is 23.4 Å². The number of hydrogen-bond acceptors (Lipinski definition) is 2. The van der Waals surface area contributed by atoms with Gasteiger partial charge >= 0.3 is 0 Å². The molecular formula is C7H10O2. The summed E-state index contributed by atoms with van der Waals surface area (Å²) >= 11 is 0. The monoisotopic (exact) mass is 126 g/mol. The molecular weight excluding hydrogens is 116 g/mol. The van der Waals surface area contributed by atoms with Gasteiger partial charge in [0.1, 0.15) is 0 Å². The fourth-order valence-electron chi connectivity index (χ4n) is 0.983. The molecule has 1 saturated carbocycles. The summed E-state index contributed by atoms with van der Waals surface area (Å²) in [6, 6.07) is 0. The van der Waals surface area contributed by atoms with E-state index in [9.17, 15) is 0 Å². The van der Waals surface area contributed by atoms with Crippen LogP contribution in [0.15, 0.2) is 0 Å². The molecule has 0 aliphatic heterocycles. The minimum absolute atomic E-state index is 0.0123. The van der Waals surface area contributed by atoms with Crippen LogP contribution in [0.2, 0.25) is 0 Å². The Morgan fingerprint density at radius 1 is 1.56 bits per heavy atom. The maximum atomic E-state index is 8.70. The first-order chi connectivity index (χ1) is 4.29. The fraction of sp³-hybridized carbons (Fsp3) is 0.714. The molecule has 0 radical (unpaired) electrons. The van der Waals surface area contributed by atoms with E-state index in [2.05, 4.69) is 5.92 Å². The Hall–Kier alpha value is -0.520. The highest BCUT2D eigenvalue weighted by atomic mass is 16.3. The Labute approximate surface area is 54.5 Å². The summed E-state index contributed by atoms with van der Waals surface area (Å²) in [5.41, 5.74) is -0.325. The van der Waals surface area contributed by atoms with E-state index in [1.165, 1.54) is 0 Å². The average Bonchev–Trinajstić information content (AvgIpc) is 2.63. The topological polar surface area (TPSA) is 40.5 Å². The Morgan fingerprint density at radius 3 is 2.22 bits per heavy atom. The predicted molar refractivity (Wildman–Crippen MR) is 33.5 cm³/mol. The van der Waals surface area contributed by atoms with Crippen LogP contribution >= 0.6 is 0 Å². The zero-order chi connectivity index (χ0) is 6.91. The lowest BCUT2D eigenvalue weighted by Crippen LogP contribution is -2.14. The molecule has 0 amide bonds. The van der Waals surface area contributed by atoms with E-state index in [0.29, 0.717) is 0 Å². The van der Waals surface area contributed by atoms with Gasteiger partial charge < -0.3 is 10.2 Å². The highest BCUT2D eigenvalue weighted by molar-refractivity contribution is 5.15. The molecule has 9 heavy (non-hydrogen) atoms. The van der Waals surface area contributed by atoms with Crippen molar-refractivity contribution in [3.05, 3.63) is 0 Å². The third kappa shape index (κ3) is 0.827. The van der Waals surface area contributed by atoms with Crippen molar-refractivity contribution in [2.24, 2.45) is 11.3 Å². The van der Waals surface area contributed by atoms with Crippen molar-refractivity contribution in [1.82, 2.24) is 0 Å². The van der Waals surface area contributed by atoms with Gasteiger partial charge in [0.15, 0.2) is 0 Å². The predicted octanol–water partition coefficient (Wildman–Crippen LogP) is -0.389. The molecule has 50 valence electrons. The number of aliphatic hydroxyl groups excluding tert-OH is 2. The lowest BCUT2D eigenvalue weighted by Gasteiger charge is -2.05. The molecule has 1 rings (SSSR count). The van der Waals surface area contributed by atoms with Gasteiger partial charge in [-0.2, -0.15) is 0 Å². The largest absolute Gasteiger partial charge is 0.396 e. The minimum atomic E-state index is -0.325. The Kier molecular flexibility index (Phi) is 1.48. The molecule has 2 nitrogen and oxygen atoms in total. The maximum Gasteiger partial charge on any atom is 0.0521 e. The Morgan fingerprint density at radius 2 is 2.11 bits per heavy atom. The number of hydrogen-bond donors (Lipinski definition) is 2. The standard InChI is InChI=1S/C7H10O2/c1-2-6-3-7(6,4-8)5-9/h1,6,8-9H,3-5H2. The quantitative estimate of drug-likeness (QED) is 0.495. The molecule has 1 unspecified atom stereocenters. The van der Waals surface area contributed by atoms with Gasteiger partial charge in [0, 0.05) is 11.3 Å². The van der Waals surface area contributed by atoms with Gasteiger partial charge in [-0.25, -0.2) is 0 Å². The van der Waals surface area contributed by atoms with Crippen molar-refractivity contribution in [3.63, 3.8) is 0 Å². The molecule has 0 heterocycles. The molecule has 0 spiro atoms. The summed E-state index contributed by atoms with van der Waals surface area (Å²) in [6.07, 6.45) is 5.86. The first-order valence-corrected chi connectivity index (χ1v) is 2.97. The Balaban J connectivity index is 2.49. The molecule has 1 aliphatic carbocycles. The normalized spacial score (nSPS) is 29.2. The van der Waals surface area contributed by atoms with Crippen LogP contribution in [0.3, 0.4) is 0 Å². The van der Waals surface area contributed by atoms with Crippen LogP contribution in [0.1, 0.15) is 6.42 Å². The third-order valence-electron chi connectivity index (χ3n) is 2.02. The fourth-order valence-corrected chi connectivity index (χ4v) is 0.983. The second-order valence-corrected chi connectivity index (χ2v) is 2.60. The smallest absolute Gasteiger partial charge is 0.0521 e. The van der Waals surface area contributed by atoms with Crippen molar-refractivity contribution in [3.8, 4) is 12.3 Å². The first kappa shape index (κ1) is 6.60. The summed E-state index contributed by atoms with van der Waals surface area (Å²) in [5, 5.41) is 17.4. The van der Waals surface area contributed by atoms with Gasteiger partial charge in [0.05, 0.1) is 13.2 Å². The zero-order valence-corrected chi connectivity index (χ0v) is 5.17. The van der Waals surface area contributed by atoms with Crippen LogP contribution in [0.5, 0.6) is 0 Å². The van der Waals surface area contributed by atoms with Crippen molar-refractivity contribution in [2.45, 2.75) is 6.42 Å². The Bertz CT molecular complexity index is 141. The molecule has 0 saturated heterocycles. The average molecular weight is 126 g/mol. The summed E-state index contributed by atoms with van der Waals surface area (Å²) < 4.78 is 0. The van der Waals surface area contributed by atoms with E-state index in [-0.39, 0.29) is 24.5 Å². The second-order valence-electron chi connectivity index (χ2n) is 2.60. The number of rotatable bonds is 2. The molecule has 0 bridgehead atoms. The molecule has 1 atom stereocenters. The van der Waals surface area contributed by atoms with Crippen molar-refractivity contribution < 1.29 is 10.2 Å². The first-order valence-electron chi connectivity index (χ1n) is 2.97. The summed E-state index contributed by atoms with van der Waals surface area (Å²) in [7, 11) is 0. The molecule has 1 aliphatic rings. The van der Waals surface area contributed by atoms with Gasteiger partial charge in [-0.1, -0.05) is 0 Å². The summed E-state index contributed by atoms with van der Waals surface area (Å²) in [5.74, 6) is 2.62. The third-order valence-corrected chi connectivity index (χ3v) is 2.02. The van der Waals surface area contributed by atoms with Gasteiger partial charge in [0.25, 0.3) is 0 Å². The summed E-state index contributed by atoms with van der Waals surface area (Å²) in [6.45, 7) is 0.0245. The number of terminal acetylenes is 1. The second kappa shape index (κ2) is 2.02. The molecule has 0 aromatic heterocycles. The zero-order valence-electron chi connectivity index (χ0n) is 5.17. The van der Waals surface area contributed by atoms with E-state index in [0.717, 1.165) is 6.42 Å². The van der Waals surface area contributed by atoms with E-state index in [1.54, 1.807) is 0 Å². The summed E-state index contributed by atoms with van der Waals surface area (Å²) in [4.78, 5) is 0. The number of aliphatic hydroxyl groups is 2. The van der Waals surface area contributed by atoms with E-state index in [1.807, 2.05) is 0 Å². The van der Waals surface area contributed by atoms with Crippen LogP contribution < -0.4 is 0 Å². The van der Waals surface area contributed by atoms with Gasteiger partial charge in [-0.3, -0.25) is 0 Å². The highest BCUT2D eigenvalue weighted by Gasteiger charge is 2.52. The van der Waals surface area contributed by atoms with Crippen LogP contribution in [0.25, 0.3) is 0 Å². The molecule has 1 fully saturated rings. The van der Waals surface area contributed by atoms with Gasteiger partial charge in [-0.15, -0.1) is 12.3 Å². The van der Waals surface area contributed by atoms with Gasteiger partial charge in [-0.05, 0) is 6.42 Å². The van der Waals surface area contributed by atoms with Crippen molar-refractivity contribution in [1.29, 1.82) is 0 Å². The minimum Gasteiger partial charge on any atom is -0.396 e. The molecule has 2 N–H and O–H groups in total. The van der Waals surface area contributed by atoms with Crippen LogP contribution in [0.4, 0.5) is 0 Å². The van der Waals surface area contributed by atoms with E-state index >= 15 is 0 Å². The SMILES string of the molecule is C#CC1CC1(CO)CO. The molecule has 0 aromatic rings. The maximum absolute atomic E-state index is 8.70. The van der Waals surface area contributed by atoms with Crippen LogP contribution in [-0.2, 0) is 0 Å². The van der Waals surface area contributed by atoms with Crippen LogP contribution in [0, 0.1) is 23.7 Å². The van der Waals surface area contributed by atoms with Crippen molar-refractivity contribution >= 4 is 0 Å². The van der Waals surface area contributed by atoms with E-state index < -0.39 is 0 Å². The molecule has 2 heteroatoms. The lowest BCUT2D eigenvalue weighted by atomic mass is 10.1. The van der Waals surface area contributed by atoms with Gasteiger partial charge in [0.2, 0.25) is 0 Å². The highest BCUT2D eigenvalue weighted by Crippen LogP contribution is 2.50.